The number of imide groups is 1. The van der Waals surface area contributed by atoms with Crippen molar-refractivity contribution in [2.24, 2.45) is 5.92 Å². The van der Waals surface area contributed by atoms with Gasteiger partial charge in [0.05, 0.1) is 29.9 Å². The Bertz CT molecular complexity index is 884. The molecule has 0 spiro atoms. The summed E-state index contributed by atoms with van der Waals surface area (Å²) >= 11 is 0. The van der Waals surface area contributed by atoms with Crippen molar-refractivity contribution in [3.8, 4) is 5.75 Å². The molecular formula is C24H28N2O4. The summed E-state index contributed by atoms with van der Waals surface area (Å²) in [6, 6.07) is 16.7. The van der Waals surface area contributed by atoms with E-state index in [0.29, 0.717) is 12.3 Å². The average molecular weight is 408 g/mol. The molecule has 0 aliphatic carbocycles. The molecule has 2 fully saturated rings. The highest BCUT2D eigenvalue weighted by atomic mass is 16.7. The van der Waals surface area contributed by atoms with E-state index in [2.05, 4.69) is 6.92 Å². The Morgan fingerprint density at radius 2 is 1.63 bits per heavy atom. The molecule has 0 radical (unpaired) electrons. The van der Waals surface area contributed by atoms with Gasteiger partial charge in [0.2, 0.25) is 5.91 Å². The van der Waals surface area contributed by atoms with Crippen LogP contribution in [0, 0.1) is 5.92 Å². The summed E-state index contributed by atoms with van der Waals surface area (Å²) in [7, 11) is 0. The number of anilines is 2. The van der Waals surface area contributed by atoms with E-state index in [1.165, 1.54) is 4.90 Å². The van der Waals surface area contributed by atoms with Crippen molar-refractivity contribution >= 4 is 23.2 Å². The van der Waals surface area contributed by atoms with Crippen molar-refractivity contribution in [3.63, 3.8) is 0 Å². The van der Waals surface area contributed by atoms with Crippen LogP contribution in [-0.2, 0) is 14.4 Å². The van der Waals surface area contributed by atoms with Crippen molar-refractivity contribution in [2.45, 2.75) is 51.7 Å². The summed E-state index contributed by atoms with van der Waals surface area (Å²) in [4.78, 5) is 33.9. The van der Waals surface area contributed by atoms with E-state index in [-0.39, 0.29) is 17.9 Å². The van der Waals surface area contributed by atoms with Crippen LogP contribution in [0.25, 0.3) is 0 Å². The van der Waals surface area contributed by atoms with E-state index in [1.807, 2.05) is 37.3 Å². The minimum Gasteiger partial charge on any atom is -0.494 e. The molecule has 2 aromatic carbocycles. The minimum absolute atomic E-state index is 0.161. The zero-order valence-electron chi connectivity index (χ0n) is 17.5. The second kappa shape index (κ2) is 8.88. The number of hydrogen-bond acceptors (Lipinski definition) is 5. The number of hydroxylamine groups is 1. The van der Waals surface area contributed by atoms with Crippen molar-refractivity contribution in [1.82, 2.24) is 0 Å². The highest BCUT2D eigenvalue weighted by Crippen LogP contribution is 2.42. The third-order valence-electron chi connectivity index (χ3n) is 5.67. The molecular weight excluding hydrogens is 380 g/mol. The topological polar surface area (TPSA) is 59.1 Å². The number of carbonyl (C=O) groups excluding carboxylic acids is 2. The van der Waals surface area contributed by atoms with Crippen molar-refractivity contribution < 1.29 is 19.2 Å². The van der Waals surface area contributed by atoms with E-state index in [0.717, 1.165) is 37.1 Å². The predicted octanol–water partition coefficient (Wildman–Crippen LogP) is 4.34. The van der Waals surface area contributed by atoms with Gasteiger partial charge in [-0.2, -0.15) is 0 Å². The van der Waals surface area contributed by atoms with E-state index >= 15 is 0 Å². The van der Waals surface area contributed by atoms with E-state index < -0.39 is 12.0 Å². The molecule has 6 heteroatoms. The molecule has 2 aromatic rings. The Morgan fingerprint density at radius 3 is 2.30 bits per heavy atom. The standard InChI is InChI=1S/C24H28N2O4/c1-3-5-11-20-21-22(30-26(20)18-9-7-6-8-10-18)24(28)25(23(21)27)17-12-14-19(15-13-17)29-16-4-2/h6-10,12-15,20-22H,3-5,11,16H2,1-2H3/t20-,21+,22-/m0/s1. The number of carbonyl (C=O) groups is 2. The number of nitrogens with zero attached hydrogens (tertiary/aromatic N) is 2. The second-order valence-electron chi connectivity index (χ2n) is 7.78. The first-order chi connectivity index (χ1) is 14.7. The third-order valence-corrected chi connectivity index (χ3v) is 5.67. The molecule has 2 aliphatic heterocycles. The van der Waals surface area contributed by atoms with Crippen LogP contribution in [0.2, 0.25) is 0 Å². The van der Waals surface area contributed by atoms with Crippen LogP contribution in [-0.4, -0.2) is 30.6 Å². The number of hydrogen-bond donors (Lipinski definition) is 0. The molecule has 0 aromatic heterocycles. The molecule has 4 rings (SSSR count). The fourth-order valence-electron chi connectivity index (χ4n) is 4.19. The third kappa shape index (κ3) is 3.67. The van der Waals surface area contributed by atoms with Gasteiger partial charge in [-0.05, 0) is 49.2 Å². The smallest absolute Gasteiger partial charge is 0.266 e. The maximum absolute atomic E-state index is 13.4. The molecule has 0 saturated carbocycles. The lowest BCUT2D eigenvalue weighted by atomic mass is 9.92. The van der Waals surface area contributed by atoms with Gasteiger partial charge in [-0.25, -0.2) is 9.96 Å². The molecule has 30 heavy (non-hydrogen) atoms. The second-order valence-corrected chi connectivity index (χ2v) is 7.78. The molecule has 2 amide bonds. The monoisotopic (exact) mass is 408 g/mol. The highest BCUT2D eigenvalue weighted by Gasteiger charge is 2.59. The normalized spacial score (nSPS) is 23.2. The Kier molecular flexibility index (Phi) is 6.04. The molecule has 2 heterocycles. The SMILES string of the molecule is CCCC[C@H]1[C@H]2C(=O)N(c3ccc(OCCC)cc3)C(=O)[C@H]2ON1c1ccccc1. The lowest BCUT2D eigenvalue weighted by Crippen LogP contribution is -2.40. The number of unbranched alkanes of at least 4 members (excludes halogenated alkanes) is 1. The maximum atomic E-state index is 13.4. The molecule has 6 nitrogen and oxygen atoms in total. The molecule has 2 saturated heterocycles. The molecule has 158 valence electrons. The molecule has 3 atom stereocenters. The Balaban J connectivity index is 1.58. The fraction of sp³-hybridized carbons (Fsp3) is 0.417. The largest absolute Gasteiger partial charge is 0.494 e. The summed E-state index contributed by atoms with van der Waals surface area (Å²) in [6.45, 7) is 4.80. The first-order valence-corrected chi connectivity index (χ1v) is 10.8. The number of rotatable bonds is 8. The fourth-order valence-corrected chi connectivity index (χ4v) is 4.19. The Morgan fingerprint density at radius 1 is 0.900 bits per heavy atom. The quantitative estimate of drug-likeness (QED) is 0.608. The highest BCUT2D eigenvalue weighted by molar-refractivity contribution is 6.23. The predicted molar refractivity (Wildman–Crippen MR) is 115 cm³/mol. The van der Waals surface area contributed by atoms with Crippen LogP contribution in [0.5, 0.6) is 5.75 Å². The maximum Gasteiger partial charge on any atom is 0.266 e. The van der Waals surface area contributed by atoms with Gasteiger partial charge in [0.1, 0.15) is 5.75 Å². The van der Waals surface area contributed by atoms with Gasteiger partial charge in [0.15, 0.2) is 6.10 Å². The molecule has 0 N–H and O–H groups in total. The van der Waals surface area contributed by atoms with Gasteiger partial charge < -0.3 is 4.74 Å². The number of amides is 2. The molecule has 0 bridgehead atoms. The van der Waals surface area contributed by atoms with Crippen LogP contribution >= 0.6 is 0 Å². The first kappa shape index (κ1) is 20.4. The minimum atomic E-state index is -0.782. The Labute approximate surface area is 177 Å². The lowest BCUT2D eigenvalue weighted by Gasteiger charge is -2.28. The number of para-hydroxylation sites is 1. The number of fused-ring (bicyclic) bond motifs is 1. The van der Waals surface area contributed by atoms with Crippen LogP contribution in [0.3, 0.4) is 0 Å². The van der Waals surface area contributed by atoms with Crippen LogP contribution in [0.4, 0.5) is 11.4 Å². The van der Waals surface area contributed by atoms with E-state index in [9.17, 15) is 9.59 Å². The van der Waals surface area contributed by atoms with Gasteiger partial charge in [-0.15, -0.1) is 0 Å². The summed E-state index contributed by atoms with van der Waals surface area (Å²) in [5, 5.41) is 1.78. The summed E-state index contributed by atoms with van der Waals surface area (Å²) in [6.07, 6.45) is 2.91. The van der Waals surface area contributed by atoms with Gasteiger partial charge in [-0.3, -0.25) is 14.4 Å². The van der Waals surface area contributed by atoms with E-state index in [4.69, 9.17) is 9.57 Å². The zero-order valence-corrected chi connectivity index (χ0v) is 17.5. The molecule has 2 aliphatic rings. The van der Waals surface area contributed by atoms with Crippen molar-refractivity contribution in [2.75, 3.05) is 16.6 Å². The van der Waals surface area contributed by atoms with Gasteiger partial charge >= 0.3 is 0 Å². The molecule has 0 unspecified atom stereocenters. The summed E-state index contributed by atoms with van der Waals surface area (Å²) < 4.78 is 5.61. The van der Waals surface area contributed by atoms with Gasteiger partial charge in [-0.1, -0.05) is 44.9 Å². The van der Waals surface area contributed by atoms with Gasteiger partial charge in [0, 0.05) is 0 Å². The zero-order chi connectivity index (χ0) is 21.1. The van der Waals surface area contributed by atoms with Crippen LogP contribution < -0.4 is 14.7 Å². The van der Waals surface area contributed by atoms with Gasteiger partial charge in [0.25, 0.3) is 5.91 Å². The number of benzene rings is 2. The van der Waals surface area contributed by atoms with Crippen LogP contribution in [0.15, 0.2) is 54.6 Å². The summed E-state index contributed by atoms with van der Waals surface area (Å²) in [5.41, 5.74) is 1.44. The van der Waals surface area contributed by atoms with Crippen molar-refractivity contribution in [1.29, 1.82) is 0 Å². The average Bonchev–Trinajstić information content (AvgIpc) is 3.27. The summed E-state index contributed by atoms with van der Waals surface area (Å²) in [5.74, 6) is -0.258. The Hall–Kier alpha value is -2.86. The van der Waals surface area contributed by atoms with Crippen molar-refractivity contribution in [3.05, 3.63) is 54.6 Å². The van der Waals surface area contributed by atoms with Crippen LogP contribution in [0.1, 0.15) is 39.5 Å². The lowest BCUT2D eigenvalue weighted by molar-refractivity contribution is -0.126. The first-order valence-electron chi connectivity index (χ1n) is 10.8. The van der Waals surface area contributed by atoms with E-state index in [1.54, 1.807) is 29.3 Å². The number of ether oxygens (including phenoxy) is 1.